The highest BCUT2D eigenvalue weighted by Gasteiger charge is 2.38. The molecule has 20 heavy (non-hydrogen) atoms. The van der Waals surface area contributed by atoms with Gasteiger partial charge in [-0.25, -0.2) is 0 Å². The van der Waals surface area contributed by atoms with Gasteiger partial charge in [-0.05, 0) is 12.5 Å². The average Bonchev–Trinajstić information content (AvgIpc) is 2.38. The Morgan fingerprint density at radius 2 is 1.80 bits per heavy atom. The van der Waals surface area contributed by atoms with Crippen LogP contribution in [0.5, 0.6) is 0 Å². The molecule has 108 valence electrons. The number of Topliss-reactive ketones (excluding diaryl/α,β-unsaturated/α-hetero) is 1. The van der Waals surface area contributed by atoms with E-state index < -0.39 is 17.5 Å². The summed E-state index contributed by atoms with van der Waals surface area (Å²) in [5.41, 5.74) is 0.174. The standard InChI is InChI=1S/C14H13F3O3/c1-2-20-12(18)5-3-4-10-6-8-11(9-7-10)13(19)14(15,16)17/h3-4,6-9H,2,5H2,1H3. The van der Waals surface area contributed by atoms with E-state index in [-0.39, 0.29) is 12.4 Å². The van der Waals surface area contributed by atoms with Crippen LogP contribution in [0.15, 0.2) is 30.3 Å². The molecule has 0 radical (unpaired) electrons. The fourth-order valence-corrected chi connectivity index (χ4v) is 1.42. The van der Waals surface area contributed by atoms with Gasteiger partial charge >= 0.3 is 12.1 Å². The van der Waals surface area contributed by atoms with E-state index in [0.717, 1.165) is 12.1 Å². The van der Waals surface area contributed by atoms with Crippen LogP contribution in [-0.2, 0) is 9.53 Å². The lowest BCUT2D eigenvalue weighted by molar-refractivity contribution is -0.142. The Morgan fingerprint density at radius 1 is 1.20 bits per heavy atom. The number of benzene rings is 1. The Balaban J connectivity index is 2.66. The molecule has 0 aliphatic rings. The first-order valence-electron chi connectivity index (χ1n) is 5.88. The molecule has 0 unspecified atom stereocenters. The average molecular weight is 286 g/mol. The number of carbonyl (C=O) groups is 2. The van der Waals surface area contributed by atoms with Crippen molar-refractivity contribution in [3.63, 3.8) is 0 Å². The van der Waals surface area contributed by atoms with E-state index in [0.29, 0.717) is 12.2 Å². The third-order valence-corrected chi connectivity index (χ3v) is 2.33. The van der Waals surface area contributed by atoms with Crippen LogP contribution in [0.2, 0.25) is 0 Å². The van der Waals surface area contributed by atoms with Crippen molar-refractivity contribution in [2.75, 3.05) is 6.61 Å². The minimum Gasteiger partial charge on any atom is -0.466 e. The molecule has 6 heteroatoms. The van der Waals surface area contributed by atoms with Gasteiger partial charge in [-0.2, -0.15) is 13.2 Å². The normalized spacial score (nSPS) is 11.6. The van der Waals surface area contributed by atoms with Crippen molar-refractivity contribution < 1.29 is 27.5 Å². The second kappa shape index (κ2) is 6.88. The van der Waals surface area contributed by atoms with Gasteiger partial charge in [-0.15, -0.1) is 0 Å². The fourth-order valence-electron chi connectivity index (χ4n) is 1.42. The molecular weight excluding hydrogens is 273 g/mol. The van der Waals surface area contributed by atoms with E-state index in [1.54, 1.807) is 19.1 Å². The largest absolute Gasteiger partial charge is 0.466 e. The lowest BCUT2D eigenvalue weighted by atomic mass is 10.1. The minimum atomic E-state index is -4.87. The third-order valence-electron chi connectivity index (χ3n) is 2.33. The first-order valence-corrected chi connectivity index (χ1v) is 5.88. The maximum Gasteiger partial charge on any atom is 0.454 e. The fraction of sp³-hybridized carbons (Fsp3) is 0.286. The van der Waals surface area contributed by atoms with Gasteiger partial charge in [-0.1, -0.05) is 36.4 Å². The van der Waals surface area contributed by atoms with Gasteiger partial charge in [0, 0.05) is 5.56 Å². The molecule has 3 nitrogen and oxygen atoms in total. The molecule has 0 aliphatic carbocycles. The van der Waals surface area contributed by atoms with Crippen molar-refractivity contribution in [3.8, 4) is 0 Å². The minimum absolute atomic E-state index is 0.0804. The SMILES string of the molecule is CCOC(=O)CC=Cc1ccc(C(=O)C(F)(F)F)cc1. The Bertz CT molecular complexity index is 501. The maximum atomic E-state index is 12.2. The first kappa shape index (κ1) is 15.9. The van der Waals surface area contributed by atoms with Crippen molar-refractivity contribution in [3.05, 3.63) is 41.5 Å². The number of halogens is 3. The molecule has 1 aromatic carbocycles. The summed E-state index contributed by atoms with van der Waals surface area (Å²) in [4.78, 5) is 22.0. The monoisotopic (exact) mass is 286 g/mol. The molecule has 0 bridgehead atoms. The van der Waals surface area contributed by atoms with Crippen LogP contribution in [0.4, 0.5) is 13.2 Å². The van der Waals surface area contributed by atoms with Gasteiger partial charge in [0.25, 0.3) is 5.78 Å². The highest BCUT2D eigenvalue weighted by Crippen LogP contribution is 2.21. The van der Waals surface area contributed by atoms with Gasteiger partial charge in [0.05, 0.1) is 13.0 Å². The van der Waals surface area contributed by atoms with E-state index in [4.69, 9.17) is 4.74 Å². The van der Waals surface area contributed by atoms with Crippen molar-refractivity contribution in [2.45, 2.75) is 19.5 Å². The Kier molecular flexibility index (Phi) is 5.49. The molecule has 1 aromatic rings. The van der Waals surface area contributed by atoms with Crippen molar-refractivity contribution in [2.24, 2.45) is 0 Å². The van der Waals surface area contributed by atoms with E-state index in [2.05, 4.69) is 0 Å². The van der Waals surface area contributed by atoms with Crippen LogP contribution >= 0.6 is 0 Å². The zero-order valence-corrected chi connectivity index (χ0v) is 10.7. The van der Waals surface area contributed by atoms with Crippen molar-refractivity contribution in [1.82, 2.24) is 0 Å². The van der Waals surface area contributed by atoms with Crippen LogP contribution in [-0.4, -0.2) is 24.5 Å². The summed E-state index contributed by atoms with van der Waals surface area (Å²) >= 11 is 0. The predicted molar refractivity (Wildman–Crippen MR) is 67.1 cm³/mol. The number of ketones is 1. The van der Waals surface area contributed by atoms with E-state index >= 15 is 0 Å². The number of ether oxygens (including phenoxy) is 1. The Hall–Kier alpha value is -2.11. The predicted octanol–water partition coefficient (Wildman–Crippen LogP) is 3.40. The number of hydrogen-bond acceptors (Lipinski definition) is 3. The van der Waals surface area contributed by atoms with Gasteiger partial charge in [0.15, 0.2) is 0 Å². The smallest absolute Gasteiger partial charge is 0.454 e. The van der Waals surface area contributed by atoms with Gasteiger partial charge in [-0.3, -0.25) is 9.59 Å². The molecule has 0 N–H and O–H groups in total. The third kappa shape index (κ3) is 4.87. The maximum absolute atomic E-state index is 12.2. The quantitative estimate of drug-likeness (QED) is 0.615. The number of alkyl halides is 3. The molecular formula is C14H13F3O3. The summed E-state index contributed by atoms with van der Waals surface area (Å²) in [6.07, 6.45) is -1.68. The zero-order chi connectivity index (χ0) is 15.2. The van der Waals surface area contributed by atoms with Crippen LogP contribution in [0, 0.1) is 0 Å². The molecule has 0 amide bonds. The number of rotatable bonds is 5. The summed E-state index contributed by atoms with van der Waals surface area (Å²) in [7, 11) is 0. The van der Waals surface area contributed by atoms with Crippen LogP contribution in [0.25, 0.3) is 6.08 Å². The Labute approximate surface area is 114 Å². The lowest BCUT2D eigenvalue weighted by Gasteiger charge is -2.04. The molecule has 0 saturated heterocycles. The topological polar surface area (TPSA) is 43.4 Å². The second-order valence-electron chi connectivity index (χ2n) is 3.86. The van der Waals surface area contributed by atoms with Crippen molar-refractivity contribution >= 4 is 17.8 Å². The number of carbonyl (C=O) groups excluding carboxylic acids is 2. The molecule has 0 fully saturated rings. The van der Waals surface area contributed by atoms with Gasteiger partial charge in [0.1, 0.15) is 0 Å². The second-order valence-corrected chi connectivity index (χ2v) is 3.86. The summed E-state index contributed by atoms with van der Waals surface area (Å²) in [6, 6.07) is 4.95. The molecule has 1 rings (SSSR count). The summed E-state index contributed by atoms with van der Waals surface area (Å²) in [5, 5.41) is 0. The number of hydrogen-bond donors (Lipinski definition) is 0. The van der Waals surface area contributed by atoms with Gasteiger partial charge in [0.2, 0.25) is 0 Å². The molecule has 0 heterocycles. The van der Waals surface area contributed by atoms with Crippen LogP contribution in [0.3, 0.4) is 0 Å². The molecule has 0 saturated carbocycles. The molecule has 0 aromatic heterocycles. The summed E-state index contributed by atoms with van der Waals surface area (Å²) in [5.74, 6) is -2.26. The molecule has 0 spiro atoms. The first-order chi connectivity index (χ1) is 9.34. The van der Waals surface area contributed by atoms with Gasteiger partial charge < -0.3 is 4.74 Å². The highest BCUT2D eigenvalue weighted by molar-refractivity contribution is 6.00. The van der Waals surface area contributed by atoms with E-state index in [1.165, 1.54) is 12.1 Å². The molecule has 0 atom stereocenters. The lowest BCUT2D eigenvalue weighted by Crippen LogP contribution is -2.22. The Morgan fingerprint density at radius 3 is 2.30 bits per heavy atom. The summed E-state index contributed by atoms with van der Waals surface area (Å²) < 4.78 is 41.3. The number of esters is 1. The summed E-state index contributed by atoms with van der Waals surface area (Å²) in [6.45, 7) is 1.99. The highest BCUT2D eigenvalue weighted by atomic mass is 19.4. The van der Waals surface area contributed by atoms with E-state index in [9.17, 15) is 22.8 Å². The van der Waals surface area contributed by atoms with Crippen molar-refractivity contribution in [1.29, 1.82) is 0 Å². The molecule has 0 aliphatic heterocycles. The zero-order valence-electron chi connectivity index (χ0n) is 10.7. The van der Waals surface area contributed by atoms with Crippen LogP contribution in [0.1, 0.15) is 29.3 Å². The van der Waals surface area contributed by atoms with E-state index in [1.807, 2.05) is 0 Å². The van der Waals surface area contributed by atoms with Crippen LogP contribution < -0.4 is 0 Å².